The molecule has 0 aromatic heterocycles. The number of ether oxygens (including phenoxy) is 3. The van der Waals surface area contributed by atoms with Crippen LogP contribution in [-0.2, 0) is 13.2 Å². The van der Waals surface area contributed by atoms with Crippen LogP contribution in [0.3, 0.4) is 0 Å². The van der Waals surface area contributed by atoms with Gasteiger partial charge in [0.25, 0.3) is 0 Å². The smallest absolute Gasteiger partial charge is 0.165 e. The van der Waals surface area contributed by atoms with E-state index in [9.17, 15) is 65.7 Å². The maximum Gasteiger partial charge on any atom is 0.165 e. The largest absolute Gasteiger partial charge is 0.507 e. The van der Waals surface area contributed by atoms with E-state index in [1.807, 2.05) is 217 Å². The third kappa shape index (κ3) is 26.9. The van der Waals surface area contributed by atoms with Gasteiger partial charge in [-0.1, -0.05) is 232 Å². The first kappa shape index (κ1) is 90.3. The number of phenols is 6. The average Bonchev–Trinajstić information content (AvgIpc) is 0.876. The average molecular weight is 1630 g/mol. The molecule has 0 fully saturated rings. The second kappa shape index (κ2) is 45.1. The highest BCUT2D eigenvalue weighted by Gasteiger charge is 2.18. The molecular weight excluding hydrogens is 1530 g/mol. The van der Waals surface area contributed by atoms with Crippen molar-refractivity contribution in [3.8, 4) is 51.7 Å². The molecule has 12 aromatic carbocycles. The van der Waals surface area contributed by atoms with Crippen LogP contribution < -0.4 is 77.9 Å². The van der Waals surface area contributed by atoms with Crippen LogP contribution in [0, 0.1) is 40.4 Å². The molecule has 10 atom stereocenters. The summed E-state index contributed by atoms with van der Waals surface area (Å²) in [6, 6.07) is 72.6. The summed E-state index contributed by atoms with van der Waals surface area (Å²) in [7, 11) is 6.32. The van der Waals surface area contributed by atoms with Crippen LogP contribution in [0.15, 0.2) is 237 Å². The number of aliphatic hydroxyl groups is 6. The molecule has 0 amide bonds. The summed E-state index contributed by atoms with van der Waals surface area (Å²) < 4.78 is 28.6. The lowest BCUT2D eigenvalue weighted by Crippen LogP contribution is -2.12. The van der Waals surface area contributed by atoms with Crippen molar-refractivity contribution in [1.29, 1.82) is 0 Å². The first-order valence-corrected chi connectivity index (χ1v) is 41.8. The summed E-state index contributed by atoms with van der Waals surface area (Å²) in [6.45, 7) is 16.6. The van der Waals surface area contributed by atoms with Crippen LogP contribution in [0.1, 0.15) is 113 Å². The molecule has 0 heterocycles. The molecule has 12 aromatic rings. The topological polar surface area (TPSA) is 270 Å². The van der Waals surface area contributed by atoms with E-state index >= 15 is 0 Å². The van der Waals surface area contributed by atoms with E-state index in [2.05, 4.69) is 0 Å². The van der Waals surface area contributed by atoms with Gasteiger partial charge < -0.3 is 75.5 Å². The summed E-state index contributed by atoms with van der Waals surface area (Å²) in [5.74, 6) is 2.81. The summed E-state index contributed by atoms with van der Waals surface area (Å²) in [4.78, 5) is 0. The van der Waals surface area contributed by atoms with Crippen molar-refractivity contribution in [2.24, 2.45) is 0 Å². The Balaban J connectivity index is 0.000000187. The molecule has 0 saturated carbocycles. The molecule has 0 radical (unpaired) electrons. The number of halogens is 1. The van der Waals surface area contributed by atoms with Gasteiger partial charge in [0.1, 0.15) is 46.1 Å². The highest BCUT2D eigenvalue weighted by Crippen LogP contribution is 2.35. The second-order valence-corrected chi connectivity index (χ2v) is 34.1. The summed E-state index contributed by atoms with van der Waals surface area (Å²) >= 11 is 0. The lowest BCUT2D eigenvalue weighted by molar-refractivity contribution is 0.200. The summed E-state index contributed by atoms with van der Waals surface area (Å²) in [5.41, 5.74) is 10.3. The highest BCUT2D eigenvalue weighted by molar-refractivity contribution is 7.57. The van der Waals surface area contributed by atoms with E-state index in [1.165, 1.54) is 26.4 Å². The molecule has 0 aliphatic carbocycles. The number of rotatable bonds is 21. The zero-order valence-electron chi connectivity index (χ0n) is 64.7. The maximum absolute atomic E-state index is 13.2. The Kier molecular flexibility index (Phi) is 36.4. The third-order valence-corrected chi connectivity index (χ3v) is 25.8. The van der Waals surface area contributed by atoms with E-state index in [1.54, 1.807) is 77.3 Å². The molecule has 12 rings (SSSR count). The normalized spacial score (nSPS) is 12.3. The van der Waals surface area contributed by atoms with Crippen molar-refractivity contribution in [3.63, 3.8) is 0 Å². The minimum absolute atomic E-state index is 0.00867. The van der Waals surface area contributed by atoms with Gasteiger partial charge in [-0.25, -0.2) is 4.39 Å². The Bertz CT molecular complexity index is 4990. The van der Waals surface area contributed by atoms with Gasteiger partial charge in [-0.2, -0.15) is 0 Å². The maximum atomic E-state index is 13.2. The standard InChI is InChI=1S/C16H19O2P.C15H16FO4P.C15H17O3P.2C15H17O2P.C14H15O2P/c1-10-8-11(2)16(18)15(9-10)19-14-7-5-4-6-13(14)12(3)17;1-19-11-6-12(20-2)15(18)14(7-11)21-13-4-3-10(16)5-9(13)8-17;1-10-3-6-14(11(7-10)9-16)19-15-8-12(18-2)4-5-13(15)17;1-10-6-5-9-14(15(10)17)18-13-8-4-3-7-12(13)11(2)16;1-10-7-8-13(17)15(9-10)18-14-6-4-3-5-12(14)11(2)16;1-10(15)11-6-2-4-8-13(11)17-14-9-5-3-7-12(14)16/h4-9,12,17-19H,1-3H3;3-7,17-18,21H,8H2,1-2H3;3-8,16-17,19H,9H2,1-2H3;2*3-9,11,16-18H,1-2H3;2-10,15-17H,1H3. The van der Waals surface area contributed by atoms with Crippen LogP contribution in [0.25, 0.3) is 0 Å². The fourth-order valence-electron chi connectivity index (χ4n) is 11.4. The van der Waals surface area contributed by atoms with Crippen molar-refractivity contribution in [2.75, 3.05) is 21.3 Å². The van der Waals surface area contributed by atoms with E-state index in [0.29, 0.717) is 79.7 Å². The number of aliphatic hydroxyl groups excluding tert-OH is 6. The van der Waals surface area contributed by atoms with E-state index in [-0.39, 0.29) is 41.9 Å². The van der Waals surface area contributed by atoms with Gasteiger partial charge in [-0.05, 0) is 205 Å². The van der Waals surface area contributed by atoms with Crippen LogP contribution in [-0.4, -0.2) is 82.6 Å². The first-order chi connectivity index (χ1) is 53.6. The molecule has 0 spiro atoms. The lowest BCUT2D eigenvalue weighted by Gasteiger charge is -2.14. The number of hydrogen-bond donors (Lipinski definition) is 12. The van der Waals surface area contributed by atoms with E-state index < -0.39 is 30.2 Å². The van der Waals surface area contributed by atoms with Gasteiger partial charge in [0.2, 0.25) is 0 Å². The Labute approximate surface area is 667 Å². The predicted molar refractivity (Wildman–Crippen MR) is 470 cm³/mol. The van der Waals surface area contributed by atoms with Gasteiger partial charge in [-0.3, -0.25) is 0 Å². The molecule has 0 saturated heterocycles. The number of methoxy groups -OCH3 is 3. The molecule has 588 valence electrons. The van der Waals surface area contributed by atoms with E-state index in [4.69, 9.17) is 14.2 Å². The number of phenolic OH excluding ortho intramolecular Hbond substituents is 6. The number of aromatic hydroxyl groups is 6. The van der Waals surface area contributed by atoms with Crippen LogP contribution in [0.2, 0.25) is 0 Å². The Hall–Kier alpha value is -8.89. The van der Waals surface area contributed by atoms with E-state index in [0.717, 1.165) is 120 Å². The zero-order valence-corrected chi connectivity index (χ0v) is 70.7. The molecule has 0 aliphatic rings. The molecule has 22 heteroatoms. The SMILES string of the molecule is CC(O)c1ccccc1Pc1ccccc1O.COc1cc(OC)c(O)c(Pc2ccc(F)cc2CO)c1.COc1ccc(O)c(Pc2ccc(C)cc2CO)c1.Cc1cc(C)c(O)c(Pc2ccccc2C(C)O)c1.Cc1ccc(O)c(Pc2ccccc2C(C)O)c1.Cc1cccc(Pc2ccccc2C(C)O)c1O. The Morgan fingerprint density at radius 3 is 1.16 bits per heavy atom. The molecule has 15 nitrogen and oxygen atoms in total. The third-order valence-electron chi connectivity index (χ3n) is 17.4. The van der Waals surface area contributed by atoms with Crippen molar-refractivity contribution in [3.05, 3.63) is 304 Å². The summed E-state index contributed by atoms with van der Waals surface area (Å²) in [6.07, 6.45) is -1.94. The highest BCUT2D eigenvalue weighted by atomic mass is 31.1. The zero-order chi connectivity index (χ0) is 81.7. The number of aryl methyl sites for hydroxylation is 5. The van der Waals surface area contributed by atoms with Crippen molar-refractivity contribution >= 4 is 115 Å². The monoisotopic (exact) mass is 1630 g/mol. The fourth-order valence-corrected chi connectivity index (χ4v) is 19.5. The molecule has 10 unspecified atom stereocenters. The van der Waals surface area contributed by atoms with Crippen LogP contribution in [0.4, 0.5) is 4.39 Å². The summed E-state index contributed by atoms with van der Waals surface area (Å²) in [5, 5.41) is 129. The van der Waals surface area contributed by atoms with Gasteiger partial charge in [-0.15, -0.1) is 0 Å². The van der Waals surface area contributed by atoms with Gasteiger partial charge in [0, 0.05) is 37.9 Å². The number of benzene rings is 12. The van der Waals surface area contributed by atoms with Crippen LogP contribution in [0.5, 0.6) is 51.7 Å². The first-order valence-electron chi connectivity index (χ1n) is 35.8. The lowest BCUT2D eigenvalue weighted by atomic mass is 10.1. The molecule has 0 bridgehead atoms. The molecule has 0 aliphatic heterocycles. The predicted octanol–water partition coefficient (Wildman–Crippen LogP) is 13.0. The van der Waals surface area contributed by atoms with Gasteiger partial charge in [0.15, 0.2) is 11.5 Å². The quantitative estimate of drug-likeness (QED) is 0.0298. The van der Waals surface area contributed by atoms with Crippen molar-refractivity contribution < 1.29 is 79.9 Å². The van der Waals surface area contributed by atoms with Gasteiger partial charge >= 0.3 is 0 Å². The minimum Gasteiger partial charge on any atom is -0.507 e. The fraction of sp³-hybridized carbons (Fsp3) is 0.200. The van der Waals surface area contributed by atoms with Crippen LogP contribution >= 0.6 is 51.5 Å². The minimum atomic E-state index is -0.489. The Morgan fingerprint density at radius 2 is 0.661 bits per heavy atom. The van der Waals surface area contributed by atoms with Gasteiger partial charge in [0.05, 0.1) is 59.0 Å². The molecular formula is C90H101FO15P6. The molecule has 112 heavy (non-hydrogen) atoms. The number of hydrogen-bond acceptors (Lipinski definition) is 15. The Morgan fingerprint density at radius 1 is 0.295 bits per heavy atom. The second-order valence-electron chi connectivity index (χ2n) is 26.2. The van der Waals surface area contributed by atoms with Crippen molar-refractivity contribution in [2.45, 2.75) is 99.9 Å². The number of para-hydroxylation sites is 2. The van der Waals surface area contributed by atoms with Crippen molar-refractivity contribution in [1.82, 2.24) is 0 Å². The molecule has 12 N–H and O–H groups in total.